The quantitative estimate of drug-likeness (QED) is 0.429. The zero-order chi connectivity index (χ0) is 7.82. The summed E-state index contributed by atoms with van der Waals surface area (Å²) in [5, 5.41) is 14.1. The molecular weight excluding hydrogens is 132 g/mol. The second-order valence-corrected chi connectivity index (χ2v) is 2.00. The van der Waals surface area contributed by atoms with Crippen LogP contribution in [0.5, 0.6) is 0 Å². The van der Waals surface area contributed by atoms with Gasteiger partial charge in [-0.3, -0.25) is 0 Å². The van der Waals surface area contributed by atoms with Crippen LogP contribution in [-0.4, -0.2) is 24.3 Å². The summed E-state index contributed by atoms with van der Waals surface area (Å²) >= 11 is 0. The summed E-state index contributed by atoms with van der Waals surface area (Å²) in [6, 6.07) is 0. The van der Waals surface area contributed by atoms with E-state index in [1.807, 2.05) is 0 Å². The summed E-state index contributed by atoms with van der Waals surface area (Å²) in [5.74, 6) is 0. The fraction of sp³-hybridized carbons (Fsp3) is 0.667. The molecule has 0 fully saturated rings. The van der Waals surface area contributed by atoms with E-state index >= 15 is 0 Å². The molecule has 4 heteroatoms. The van der Waals surface area contributed by atoms with E-state index in [0.717, 1.165) is 0 Å². The minimum Gasteiger partial charge on any atom is -0.392 e. The molecule has 0 spiro atoms. The number of nitrogens with one attached hydrogen (secondary N) is 1. The molecule has 0 aromatic carbocycles. The third-order valence-electron chi connectivity index (χ3n) is 0.868. The zero-order valence-corrected chi connectivity index (χ0v) is 5.95. The van der Waals surface area contributed by atoms with E-state index in [1.54, 1.807) is 13.0 Å². The highest BCUT2D eigenvalue weighted by Crippen LogP contribution is 1.75. The van der Waals surface area contributed by atoms with E-state index in [0.29, 0.717) is 13.1 Å². The van der Waals surface area contributed by atoms with Crippen LogP contribution >= 0.6 is 0 Å². The lowest BCUT2D eigenvalue weighted by Gasteiger charge is -2.02. The molecule has 4 nitrogen and oxygen atoms in total. The van der Waals surface area contributed by atoms with Crippen molar-refractivity contribution in [2.24, 2.45) is 5.18 Å². The van der Waals surface area contributed by atoms with Gasteiger partial charge in [-0.25, -0.2) is 0 Å². The van der Waals surface area contributed by atoms with Gasteiger partial charge in [0.15, 0.2) is 0 Å². The normalized spacial score (nSPS) is 13.8. The van der Waals surface area contributed by atoms with E-state index in [1.165, 1.54) is 6.20 Å². The van der Waals surface area contributed by atoms with E-state index < -0.39 is 0 Å². The Bertz CT molecular complexity index is 112. The maximum absolute atomic E-state index is 9.49. The standard InChI is InChI=1S/C6H12N2O2/c1-6(9)5-7-3-2-4-8-10/h2,4,6-7,9H,3,5H2,1H3. The van der Waals surface area contributed by atoms with Crippen LogP contribution in [0.1, 0.15) is 6.92 Å². The zero-order valence-electron chi connectivity index (χ0n) is 5.95. The SMILES string of the molecule is CC(O)CNCC=CN=O. The lowest BCUT2D eigenvalue weighted by Crippen LogP contribution is -2.24. The number of aliphatic hydroxyl groups is 1. The third kappa shape index (κ3) is 7.26. The van der Waals surface area contributed by atoms with Gasteiger partial charge in [0, 0.05) is 13.1 Å². The Labute approximate surface area is 59.9 Å². The lowest BCUT2D eigenvalue weighted by molar-refractivity contribution is 0.193. The fourth-order valence-electron chi connectivity index (χ4n) is 0.471. The molecule has 0 heterocycles. The minimum absolute atomic E-state index is 0.349. The Balaban J connectivity index is 3.04. The summed E-state index contributed by atoms with van der Waals surface area (Å²) in [5.41, 5.74) is 0. The second kappa shape index (κ2) is 6.38. The molecule has 0 aliphatic carbocycles. The third-order valence-corrected chi connectivity index (χ3v) is 0.868. The number of aliphatic hydroxyl groups excluding tert-OH is 1. The Kier molecular flexibility index (Phi) is 5.91. The smallest absolute Gasteiger partial charge is 0.0687 e. The van der Waals surface area contributed by atoms with Crippen molar-refractivity contribution in [1.29, 1.82) is 0 Å². The number of hydrogen-bond donors (Lipinski definition) is 2. The summed E-state index contributed by atoms with van der Waals surface area (Å²) in [7, 11) is 0. The Morgan fingerprint density at radius 2 is 2.50 bits per heavy atom. The molecule has 10 heavy (non-hydrogen) atoms. The highest BCUT2D eigenvalue weighted by molar-refractivity contribution is 4.81. The van der Waals surface area contributed by atoms with E-state index in [-0.39, 0.29) is 6.10 Å². The average Bonchev–Trinajstić information content (AvgIpc) is 1.87. The molecule has 0 saturated carbocycles. The largest absolute Gasteiger partial charge is 0.392 e. The molecule has 1 unspecified atom stereocenters. The number of rotatable bonds is 5. The highest BCUT2D eigenvalue weighted by atomic mass is 16.3. The molecule has 0 aliphatic heterocycles. The predicted molar refractivity (Wildman–Crippen MR) is 39.5 cm³/mol. The average molecular weight is 144 g/mol. The Hall–Kier alpha value is -0.740. The molecule has 0 aliphatic rings. The molecule has 0 rings (SSSR count). The molecule has 0 saturated heterocycles. The lowest BCUT2D eigenvalue weighted by atomic mass is 10.4. The van der Waals surface area contributed by atoms with Crippen LogP contribution in [0.25, 0.3) is 0 Å². The van der Waals surface area contributed by atoms with E-state index in [2.05, 4.69) is 10.5 Å². The second-order valence-electron chi connectivity index (χ2n) is 2.00. The Morgan fingerprint density at radius 1 is 1.80 bits per heavy atom. The van der Waals surface area contributed by atoms with Gasteiger partial charge in [-0.1, -0.05) is 0 Å². The van der Waals surface area contributed by atoms with Crippen molar-refractivity contribution < 1.29 is 5.11 Å². The van der Waals surface area contributed by atoms with E-state index in [4.69, 9.17) is 5.11 Å². The maximum atomic E-state index is 9.49. The maximum Gasteiger partial charge on any atom is 0.0687 e. The highest BCUT2D eigenvalue weighted by Gasteiger charge is 1.90. The van der Waals surface area contributed by atoms with Crippen LogP contribution in [-0.2, 0) is 0 Å². The fourth-order valence-corrected chi connectivity index (χ4v) is 0.471. The predicted octanol–water partition coefficient (Wildman–Crippen LogP) is 0.237. The summed E-state index contributed by atoms with van der Waals surface area (Å²) < 4.78 is 0. The summed E-state index contributed by atoms with van der Waals surface area (Å²) in [4.78, 5) is 9.49. The number of nitroso groups, excluding NO2 is 1. The monoisotopic (exact) mass is 144 g/mol. The van der Waals surface area contributed by atoms with Gasteiger partial charge in [-0.2, -0.15) is 0 Å². The van der Waals surface area contributed by atoms with Gasteiger partial charge in [0.1, 0.15) is 0 Å². The van der Waals surface area contributed by atoms with Crippen molar-refractivity contribution in [2.45, 2.75) is 13.0 Å². The molecule has 0 aromatic heterocycles. The van der Waals surface area contributed by atoms with Crippen LogP contribution < -0.4 is 5.32 Å². The van der Waals surface area contributed by atoms with Crippen molar-refractivity contribution >= 4 is 0 Å². The van der Waals surface area contributed by atoms with E-state index in [9.17, 15) is 4.91 Å². The van der Waals surface area contributed by atoms with Crippen molar-refractivity contribution in [3.63, 3.8) is 0 Å². The summed E-state index contributed by atoms with van der Waals surface area (Å²) in [6.45, 7) is 2.79. The summed E-state index contributed by atoms with van der Waals surface area (Å²) in [6.07, 6.45) is 2.42. The van der Waals surface area contributed by atoms with Crippen LogP contribution in [0, 0.1) is 4.91 Å². The van der Waals surface area contributed by atoms with Gasteiger partial charge < -0.3 is 10.4 Å². The molecule has 0 radical (unpaired) electrons. The van der Waals surface area contributed by atoms with Crippen molar-refractivity contribution in [3.8, 4) is 0 Å². The van der Waals surface area contributed by atoms with Crippen molar-refractivity contribution in [3.05, 3.63) is 17.2 Å². The molecular formula is C6H12N2O2. The molecule has 0 aromatic rings. The molecule has 2 N–H and O–H groups in total. The van der Waals surface area contributed by atoms with Crippen LogP contribution in [0.3, 0.4) is 0 Å². The first-order valence-electron chi connectivity index (χ1n) is 3.13. The van der Waals surface area contributed by atoms with Gasteiger partial charge >= 0.3 is 0 Å². The molecule has 1 atom stereocenters. The van der Waals surface area contributed by atoms with Gasteiger partial charge in [0.25, 0.3) is 0 Å². The first-order chi connectivity index (χ1) is 4.77. The van der Waals surface area contributed by atoms with Crippen LogP contribution in [0.4, 0.5) is 0 Å². The minimum atomic E-state index is -0.349. The molecule has 58 valence electrons. The number of hydrogen-bond acceptors (Lipinski definition) is 4. The topological polar surface area (TPSA) is 61.7 Å². The first-order valence-corrected chi connectivity index (χ1v) is 3.13. The van der Waals surface area contributed by atoms with Crippen LogP contribution in [0.15, 0.2) is 17.5 Å². The van der Waals surface area contributed by atoms with Crippen molar-refractivity contribution in [1.82, 2.24) is 5.32 Å². The van der Waals surface area contributed by atoms with Gasteiger partial charge in [0.05, 0.1) is 12.3 Å². The number of nitrogens with zero attached hydrogens (tertiary/aromatic N) is 1. The van der Waals surface area contributed by atoms with Gasteiger partial charge in [0.2, 0.25) is 0 Å². The van der Waals surface area contributed by atoms with Gasteiger partial charge in [-0.15, -0.1) is 4.91 Å². The molecule has 0 bridgehead atoms. The Morgan fingerprint density at radius 3 is 3.00 bits per heavy atom. The van der Waals surface area contributed by atoms with Crippen LogP contribution in [0.2, 0.25) is 0 Å². The van der Waals surface area contributed by atoms with Crippen molar-refractivity contribution in [2.75, 3.05) is 13.1 Å². The van der Waals surface area contributed by atoms with Gasteiger partial charge in [-0.05, 0) is 18.2 Å². The first kappa shape index (κ1) is 9.26. The molecule has 0 amide bonds.